The van der Waals surface area contributed by atoms with Crippen molar-refractivity contribution in [3.8, 4) is 0 Å². The summed E-state index contributed by atoms with van der Waals surface area (Å²) in [6.07, 6.45) is -7.90. The van der Waals surface area contributed by atoms with Gasteiger partial charge in [-0.2, -0.15) is 13.2 Å². The smallest absolute Gasteiger partial charge is 0.343 e. The van der Waals surface area contributed by atoms with E-state index in [0.29, 0.717) is 0 Å². The van der Waals surface area contributed by atoms with Crippen LogP contribution in [0.5, 0.6) is 0 Å². The van der Waals surface area contributed by atoms with E-state index in [2.05, 4.69) is 3.07 Å². The van der Waals surface area contributed by atoms with Crippen LogP contribution in [-0.2, 0) is 7.86 Å². The Morgan fingerprint density at radius 1 is 1.41 bits per heavy atom. The minimum Gasteiger partial charge on any atom is -0.343 e. The van der Waals surface area contributed by atoms with Gasteiger partial charge in [0.25, 0.3) is 0 Å². The first kappa shape index (κ1) is 14.9. The van der Waals surface area contributed by atoms with E-state index < -0.39 is 17.9 Å². The molecule has 1 rings (SSSR count). The maximum atomic E-state index is 14.2. The van der Waals surface area contributed by atoms with E-state index in [-0.39, 0.29) is 31.8 Å². The number of likely N-dealkylation sites (tertiary alicyclic amines) is 1. The van der Waals surface area contributed by atoms with Crippen molar-refractivity contribution in [2.45, 2.75) is 37.7 Å². The summed E-state index contributed by atoms with van der Waals surface area (Å²) in [5.74, 6) is -0.258. The van der Waals surface area contributed by atoms with E-state index >= 15 is 0 Å². The second kappa shape index (κ2) is 5.25. The Morgan fingerprint density at radius 2 is 1.88 bits per heavy atom. The fourth-order valence-electron chi connectivity index (χ4n) is 1.88. The summed E-state index contributed by atoms with van der Waals surface area (Å²) in [6, 6.07) is 0. The molecule has 3 nitrogen and oxygen atoms in total. The van der Waals surface area contributed by atoms with Crippen LogP contribution < -0.4 is 0 Å². The molecule has 0 saturated carbocycles. The van der Waals surface area contributed by atoms with E-state index in [1.54, 1.807) is 0 Å². The summed E-state index contributed by atoms with van der Waals surface area (Å²) in [5, 5.41) is 0. The lowest BCUT2D eigenvalue weighted by atomic mass is 9.87. The van der Waals surface area contributed by atoms with Crippen LogP contribution in [0.25, 0.3) is 0 Å². The highest BCUT2D eigenvalue weighted by atomic mass is 127. The number of nitrogens with zero attached hydrogens (tertiary/aromatic N) is 1. The van der Waals surface area contributed by atoms with Crippen molar-refractivity contribution >= 4 is 28.9 Å². The molecule has 1 aliphatic rings. The zero-order valence-electron chi connectivity index (χ0n) is 9.06. The van der Waals surface area contributed by atoms with Crippen molar-refractivity contribution in [2.75, 3.05) is 13.1 Å². The normalized spacial score (nSPS) is 22.4. The van der Waals surface area contributed by atoms with Crippen LogP contribution in [0.2, 0.25) is 0 Å². The standard InChI is InChI=1S/C9H12F4INO2/c1-6(16)15-4-2-8(10,3-5-15)7(17-14)9(11,12)13/h7H,2-5H2,1H3. The van der Waals surface area contributed by atoms with E-state index in [9.17, 15) is 22.4 Å². The lowest BCUT2D eigenvalue weighted by Crippen LogP contribution is -2.54. The predicted molar refractivity (Wildman–Crippen MR) is 60.3 cm³/mol. The summed E-state index contributed by atoms with van der Waals surface area (Å²) >= 11 is 1.07. The van der Waals surface area contributed by atoms with Gasteiger partial charge in [0.1, 0.15) is 28.7 Å². The van der Waals surface area contributed by atoms with Crippen LogP contribution >= 0.6 is 23.0 Å². The summed E-state index contributed by atoms with van der Waals surface area (Å²) in [4.78, 5) is 12.3. The lowest BCUT2D eigenvalue weighted by molar-refractivity contribution is -0.229. The van der Waals surface area contributed by atoms with Crippen molar-refractivity contribution in [1.82, 2.24) is 4.90 Å². The molecule has 0 aliphatic carbocycles. The number of hydrogen-bond acceptors (Lipinski definition) is 2. The average molecular weight is 369 g/mol. The third-order valence-electron chi connectivity index (χ3n) is 2.90. The van der Waals surface area contributed by atoms with E-state index in [1.807, 2.05) is 0 Å². The van der Waals surface area contributed by atoms with Crippen LogP contribution in [0, 0.1) is 0 Å². The van der Waals surface area contributed by atoms with Gasteiger partial charge in [0.15, 0.2) is 6.10 Å². The van der Waals surface area contributed by atoms with Crippen molar-refractivity contribution < 1.29 is 25.4 Å². The average Bonchev–Trinajstić information content (AvgIpc) is 2.16. The van der Waals surface area contributed by atoms with Gasteiger partial charge in [0.05, 0.1) is 0 Å². The van der Waals surface area contributed by atoms with Crippen molar-refractivity contribution in [1.29, 1.82) is 0 Å². The quantitative estimate of drug-likeness (QED) is 0.554. The topological polar surface area (TPSA) is 29.5 Å². The summed E-state index contributed by atoms with van der Waals surface area (Å²) in [5.41, 5.74) is -2.45. The van der Waals surface area contributed by atoms with Gasteiger partial charge in [0.2, 0.25) is 5.91 Å². The summed E-state index contributed by atoms with van der Waals surface area (Å²) in [7, 11) is 0. The molecule has 1 heterocycles. The molecule has 8 heteroatoms. The SMILES string of the molecule is CC(=O)N1CCC(F)(C(OI)C(F)(F)F)CC1. The Labute approximate surface area is 110 Å². The van der Waals surface area contributed by atoms with Gasteiger partial charge in [-0.05, 0) is 0 Å². The van der Waals surface area contributed by atoms with Crippen molar-refractivity contribution in [3.05, 3.63) is 0 Å². The first-order valence-corrected chi connectivity index (χ1v) is 5.87. The molecule has 0 aromatic rings. The highest BCUT2D eigenvalue weighted by Gasteiger charge is 2.56. The van der Waals surface area contributed by atoms with Crippen molar-refractivity contribution in [3.63, 3.8) is 0 Å². The molecule has 0 radical (unpaired) electrons. The van der Waals surface area contributed by atoms with E-state index in [4.69, 9.17) is 0 Å². The fourth-order valence-corrected chi connectivity index (χ4v) is 2.62. The zero-order chi connectivity index (χ0) is 13.3. The van der Waals surface area contributed by atoms with Crippen LogP contribution in [0.4, 0.5) is 17.6 Å². The fraction of sp³-hybridized carbons (Fsp3) is 0.889. The molecular weight excluding hydrogens is 357 g/mol. The molecule has 0 aromatic carbocycles. The first-order valence-electron chi connectivity index (χ1n) is 4.99. The highest BCUT2D eigenvalue weighted by Crippen LogP contribution is 2.41. The van der Waals surface area contributed by atoms with Gasteiger partial charge in [-0.15, -0.1) is 0 Å². The van der Waals surface area contributed by atoms with Gasteiger partial charge in [-0.25, -0.2) is 4.39 Å². The molecule has 0 spiro atoms. The first-order chi connectivity index (χ1) is 7.70. The Kier molecular flexibility index (Phi) is 4.61. The summed E-state index contributed by atoms with van der Waals surface area (Å²) < 4.78 is 56.1. The number of carbonyl (C=O) groups excluding carboxylic acids is 1. The van der Waals surface area contributed by atoms with Gasteiger partial charge >= 0.3 is 6.18 Å². The molecule has 1 fully saturated rings. The highest BCUT2D eigenvalue weighted by molar-refractivity contribution is 14.1. The lowest BCUT2D eigenvalue weighted by Gasteiger charge is -2.39. The van der Waals surface area contributed by atoms with Crippen molar-refractivity contribution in [2.24, 2.45) is 0 Å². The molecule has 100 valence electrons. The number of piperidine rings is 1. The minimum atomic E-state index is -4.74. The predicted octanol–water partition coefficient (Wildman–Crippen LogP) is 2.63. The minimum absolute atomic E-state index is 0.0155. The molecule has 1 aliphatic heterocycles. The Bertz CT molecular complexity index is 289. The summed E-state index contributed by atoms with van der Waals surface area (Å²) in [6.45, 7) is 1.28. The molecule has 1 unspecified atom stereocenters. The van der Waals surface area contributed by atoms with Crippen LogP contribution in [-0.4, -0.2) is 41.8 Å². The Hall–Kier alpha value is -0.120. The van der Waals surface area contributed by atoms with Crippen LogP contribution in [0.3, 0.4) is 0 Å². The van der Waals surface area contributed by atoms with Gasteiger partial charge < -0.3 is 4.90 Å². The largest absolute Gasteiger partial charge is 0.418 e. The number of hydrogen-bond donors (Lipinski definition) is 0. The van der Waals surface area contributed by atoms with Crippen LogP contribution in [0.1, 0.15) is 19.8 Å². The molecular formula is C9H12F4INO2. The molecule has 0 bridgehead atoms. The molecule has 0 aromatic heterocycles. The van der Waals surface area contributed by atoms with E-state index in [1.165, 1.54) is 11.8 Å². The molecule has 1 atom stereocenters. The van der Waals surface area contributed by atoms with Crippen LogP contribution in [0.15, 0.2) is 0 Å². The zero-order valence-corrected chi connectivity index (χ0v) is 11.2. The third-order valence-corrected chi connectivity index (χ3v) is 3.40. The molecule has 1 amide bonds. The second-order valence-electron chi connectivity index (χ2n) is 4.05. The monoisotopic (exact) mass is 369 g/mol. The number of amides is 1. The second-order valence-corrected chi connectivity index (χ2v) is 4.56. The van der Waals surface area contributed by atoms with Gasteiger partial charge in [-0.3, -0.25) is 7.86 Å². The Morgan fingerprint density at radius 3 is 2.18 bits per heavy atom. The number of halogens is 5. The number of rotatable bonds is 2. The molecule has 1 saturated heterocycles. The molecule has 0 N–H and O–H groups in total. The van der Waals surface area contributed by atoms with Gasteiger partial charge in [-0.1, -0.05) is 0 Å². The molecule has 17 heavy (non-hydrogen) atoms. The number of alkyl halides is 4. The third kappa shape index (κ3) is 3.43. The Balaban J connectivity index is 2.74. The maximum absolute atomic E-state index is 14.2. The van der Waals surface area contributed by atoms with E-state index in [0.717, 1.165) is 23.0 Å². The van der Waals surface area contributed by atoms with Gasteiger partial charge in [0, 0.05) is 32.9 Å². The maximum Gasteiger partial charge on any atom is 0.418 e. The number of carbonyl (C=O) groups is 1.